The highest BCUT2D eigenvalue weighted by atomic mass is 16.6. The lowest BCUT2D eigenvalue weighted by atomic mass is 10.0. The minimum absolute atomic E-state index is 0.0195. The van der Waals surface area contributed by atoms with Crippen molar-refractivity contribution in [3.05, 3.63) is 69.1 Å². The number of hydrogen-bond acceptors (Lipinski definition) is 6. The number of benzene rings is 2. The Morgan fingerprint density at radius 1 is 1.10 bits per heavy atom. The third kappa shape index (κ3) is 5.24. The first-order chi connectivity index (χ1) is 14.9. The maximum atomic E-state index is 12.5. The molecular weight excluding hydrogens is 398 g/mol. The molecule has 7 nitrogen and oxygen atoms in total. The summed E-state index contributed by atoms with van der Waals surface area (Å²) in [5, 5.41) is 0.771. The summed E-state index contributed by atoms with van der Waals surface area (Å²) >= 11 is 0. The third-order valence-corrected chi connectivity index (χ3v) is 5.09. The third-order valence-electron chi connectivity index (χ3n) is 5.09. The van der Waals surface area contributed by atoms with Gasteiger partial charge in [-0.05, 0) is 55.2 Å². The summed E-state index contributed by atoms with van der Waals surface area (Å²) in [4.78, 5) is 29.8. The molecule has 0 atom stereocenters. The standard InChI is InChI=1S/C24H27NO6/c1-5-6-11-29-20-10-8-17(12-21(20)28-4)24(27)25-30-14-18-13-22(26)31-23-16(3)15(2)7-9-19(18)23/h7-10,12-13H,5-6,11,14H2,1-4H3,(H,25,27). The monoisotopic (exact) mass is 425 g/mol. The number of ether oxygens (including phenoxy) is 2. The van der Waals surface area contributed by atoms with E-state index in [2.05, 4.69) is 12.4 Å². The van der Waals surface area contributed by atoms with Crippen molar-refractivity contribution in [2.45, 2.75) is 40.2 Å². The molecule has 0 unspecified atom stereocenters. The van der Waals surface area contributed by atoms with E-state index in [1.54, 1.807) is 18.2 Å². The van der Waals surface area contributed by atoms with Gasteiger partial charge in [-0.25, -0.2) is 10.3 Å². The molecule has 2 aromatic carbocycles. The molecule has 1 aromatic heterocycles. The number of aryl methyl sites for hydroxylation is 2. The smallest absolute Gasteiger partial charge is 0.336 e. The number of nitrogens with one attached hydrogen (secondary N) is 1. The summed E-state index contributed by atoms with van der Waals surface area (Å²) in [5.41, 5.74) is 5.40. The van der Waals surface area contributed by atoms with Crippen LogP contribution in [0.2, 0.25) is 0 Å². The van der Waals surface area contributed by atoms with E-state index < -0.39 is 11.5 Å². The van der Waals surface area contributed by atoms with Crippen LogP contribution < -0.4 is 20.6 Å². The fraction of sp³-hybridized carbons (Fsp3) is 0.333. The molecule has 1 amide bonds. The van der Waals surface area contributed by atoms with Crippen molar-refractivity contribution in [2.75, 3.05) is 13.7 Å². The molecule has 0 radical (unpaired) electrons. The van der Waals surface area contributed by atoms with Crippen LogP contribution in [0.15, 0.2) is 45.6 Å². The first kappa shape index (κ1) is 22.4. The number of hydrogen-bond donors (Lipinski definition) is 1. The largest absolute Gasteiger partial charge is 0.493 e. The van der Waals surface area contributed by atoms with Crippen molar-refractivity contribution >= 4 is 16.9 Å². The van der Waals surface area contributed by atoms with Crippen LogP contribution in [0.3, 0.4) is 0 Å². The summed E-state index contributed by atoms with van der Waals surface area (Å²) in [6, 6.07) is 10.1. The van der Waals surface area contributed by atoms with Crippen molar-refractivity contribution in [3.63, 3.8) is 0 Å². The number of methoxy groups -OCH3 is 1. The van der Waals surface area contributed by atoms with Gasteiger partial charge in [0.1, 0.15) is 12.2 Å². The second-order valence-electron chi connectivity index (χ2n) is 7.26. The second kappa shape index (κ2) is 10.1. The van der Waals surface area contributed by atoms with Crippen molar-refractivity contribution in [2.24, 2.45) is 0 Å². The molecule has 1 N–H and O–H groups in total. The maximum Gasteiger partial charge on any atom is 0.336 e. The van der Waals surface area contributed by atoms with Crippen LogP contribution in [-0.4, -0.2) is 19.6 Å². The van der Waals surface area contributed by atoms with Gasteiger partial charge >= 0.3 is 5.63 Å². The van der Waals surface area contributed by atoms with Crippen molar-refractivity contribution in [3.8, 4) is 11.5 Å². The van der Waals surface area contributed by atoms with Crippen LogP contribution in [-0.2, 0) is 11.4 Å². The van der Waals surface area contributed by atoms with E-state index in [1.165, 1.54) is 13.2 Å². The van der Waals surface area contributed by atoms with E-state index in [9.17, 15) is 9.59 Å². The number of fused-ring (bicyclic) bond motifs is 1. The lowest BCUT2D eigenvalue weighted by Crippen LogP contribution is -2.24. The molecule has 0 aliphatic heterocycles. The predicted molar refractivity (Wildman–Crippen MR) is 118 cm³/mol. The van der Waals surface area contributed by atoms with Crippen LogP contribution in [0.1, 0.15) is 46.8 Å². The predicted octanol–water partition coefficient (Wildman–Crippen LogP) is 4.46. The van der Waals surface area contributed by atoms with Gasteiger partial charge in [0.05, 0.1) is 13.7 Å². The fourth-order valence-corrected chi connectivity index (χ4v) is 3.14. The van der Waals surface area contributed by atoms with Crippen molar-refractivity contribution in [1.29, 1.82) is 0 Å². The van der Waals surface area contributed by atoms with Crippen LogP contribution >= 0.6 is 0 Å². The van der Waals surface area contributed by atoms with Crippen LogP contribution in [0, 0.1) is 13.8 Å². The Kier molecular flexibility index (Phi) is 7.31. The van der Waals surface area contributed by atoms with Gasteiger partial charge in [-0.1, -0.05) is 25.5 Å². The fourth-order valence-electron chi connectivity index (χ4n) is 3.14. The summed E-state index contributed by atoms with van der Waals surface area (Å²) in [5.74, 6) is 0.625. The minimum atomic E-state index is -0.463. The average Bonchev–Trinajstić information content (AvgIpc) is 2.76. The molecule has 0 aliphatic rings. The number of rotatable bonds is 9. The summed E-state index contributed by atoms with van der Waals surface area (Å²) < 4.78 is 16.4. The molecule has 7 heteroatoms. The Morgan fingerprint density at radius 3 is 2.65 bits per heavy atom. The first-order valence-corrected chi connectivity index (χ1v) is 10.2. The van der Waals surface area contributed by atoms with Gasteiger partial charge < -0.3 is 13.9 Å². The lowest BCUT2D eigenvalue weighted by molar-refractivity contribution is 0.0236. The van der Waals surface area contributed by atoms with E-state index in [1.807, 2.05) is 26.0 Å². The van der Waals surface area contributed by atoms with E-state index in [0.717, 1.165) is 29.4 Å². The average molecular weight is 425 g/mol. The van der Waals surface area contributed by atoms with E-state index in [-0.39, 0.29) is 6.61 Å². The lowest BCUT2D eigenvalue weighted by Gasteiger charge is -2.12. The van der Waals surface area contributed by atoms with E-state index in [0.29, 0.717) is 34.8 Å². The Hall–Kier alpha value is -3.32. The Balaban J connectivity index is 1.69. The number of amides is 1. The number of carbonyl (C=O) groups excluding carboxylic acids is 1. The molecule has 164 valence electrons. The molecule has 0 bridgehead atoms. The normalized spacial score (nSPS) is 10.8. The molecule has 0 aliphatic carbocycles. The van der Waals surface area contributed by atoms with Gasteiger partial charge in [0.15, 0.2) is 11.5 Å². The summed E-state index contributed by atoms with van der Waals surface area (Å²) in [6.07, 6.45) is 1.96. The van der Waals surface area contributed by atoms with Gasteiger partial charge in [0.25, 0.3) is 5.91 Å². The minimum Gasteiger partial charge on any atom is -0.493 e. The molecule has 0 fully saturated rings. The molecule has 0 saturated carbocycles. The Bertz CT molecular complexity index is 1130. The topological polar surface area (TPSA) is 87.0 Å². The second-order valence-corrected chi connectivity index (χ2v) is 7.26. The first-order valence-electron chi connectivity index (χ1n) is 10.2. The Morgan fingerprint density at radius 2 is 1.90 bits per heavy atom. The molecule has 0 saturated heterocycles. The van der Waals surface area contributed by atoms with Gasteiger partial charge in [-0.2, -0.15) is 0 Å². The number of unbranched alkanes of at least 4 members (excludes halogenated alkanes) is 1. The molecule has 3 rings (SSSR count). The van der Waals surface area contributed by atoms with Gasteiger partial charge in [0, 0.05) is 17.0 Å². The quantitative estimate of drug-likeness (QED) is 0.309. The zero-order valence-electron chi connectivity index (χ0n) is 18.2. The highest BCUT2D eigenvalue weighted by Crippen LogP contribution is 2.28. The number of carbonyl (C=O) groups is 1. The molecule has 31 heavy (non-hydrogen) atoms. The van der Waals surface area contributed by atoms with Crippen LogP contribution in [0.25, 0.3) is 11.0 Å². The highest BCUT2D eigenvalue weighted by Gasteiger charge is 2.13. The van der Waals surface area contributed by atoms with Crippen molar-refractivity contribution in [1.82, 2.24) is 5.48 Å². The summed E-state index contributed by atoms with van der Waals surface area (Å²) in [6.45, 7) is 6.54. The van der Waals surface area contributed by atoms with Crippen molar-refractivity contribution < 1.29 is 23.5 Å². The zero-order chi connectivity index (χ0) is 22.4. The van der Waals surface area contributed by atoms with Crippen LogP contribution in [0.5, 0.6) is 11.5 Å². The highest BCUT2D eigenvalue weighted by molar-refractivity contribution is 5.94. The molecule has 1 heterocycles. The summed E-state index contributed by atoms with van der Waals surface area (Å²) in [7, 11) is 1.52. The zero-order valence-corrected chi connectivity index (χ0v) is 18.2. The van der Waals surface area contributed by atoms with Gasteiger partial charge in [-0.15, -0.1) is 0 Å². The van der Waals surface area contributed by atoms with Gasteiger partial charge in [-0.3, -0.25) is 9.63 Å². The molecule has 3 aromatic rings. The van der Waals surface area contributed by atoms with E-state index in [4.69, 9.17) is 18.7 Å². The molecular formula is C24H27NO6. The van der Waals surface area contributed by atoms with E-state index >= 15 is 0 Å². The number of hydroxylamine groups is 1. The van der Waals surface area contributed by atoms with Gasteiger partial charge in [0.2, 0.25) is 0 Å². The maximum absolute atomic E-state index is 12.5. The molecule has 0 spiro atoms. The SMILES string of the molecule is CCCCOc1ccc(C(=O)NOCc2cc(=O)oc3c(C)c(C)ccc23)cc1OC. The van der Waals surface area contributed by atoms with Crippen LogP contribution in [0.4, 0.5) is 0 Å². The Labute approximate surface area is 180 Å².